The molecule has 0 saturated carbocycles. The van der Waals surface area contributed by atoms with Gasteiger partial charge in [0.1, 0.15) is 23.8 Å². The third-order valence-electron chi connectivity index (χ3n) is 3.46. The normalized spacial score (nSPS) is 29.3. The van der Waals surface area contributed by atoms with Gasteiger partial charge in [0, 0.05) is 7.11 Å². The van der Waals surface area contributed by atoms with Gasteiger partial charge in [0.05, 0.1) is 12.9 Å². The molecular weight excluding hydrogens is 346 g/mol. The van der Waals surface area contributed by atoms with E-state index < -0.39 is 24.5 Å². The van der Waals surface area contributed by atoms with Crippen molar-refractivity contribution in [1.82, 2.24) is 19.5 Å². The predicted octanol–water partition coefficient (Wildman–Crippen LogP) is -0.563. The molecule has 10 heteroatoms. The van der Waals surface area contributed by atoms with Gasteiger partial charge in [0.15, 0.2) is 17.7 Å². The maximum absolute atomic E-state index is 10.1. The largest absolute Gasteiger partial charge is 0.394 e. The number of methoxy groups -OCH3 is 1. The molecule has 2 aromatic rings. The van der Waals surface area contributed by atoms with Crippen LogP contribution in [0.3, 0.4) is 0 Å². The number of nitrogen functional groups attached to an aromatic ring is 1. The fraction of sp³-hybridized carbons (Fsp3) is 0.545. The third kappa shape index (κ3) is 2.28. The third-order valence-corrected chi connectivity index (χ3v) is 3.81. The Morgan fingerprint density at radius 3 is 2.95 bits per heavy atom. The number of nitrogens with two attached hydrogens (primary N) is 1. The van der Waals surface area contributed by atoms with E-state index in [1.165, 1.54) is 13.4 Å². The molecule has 0 unspecified atom stereocenters. The first-order valence-corrected chi connectivity index (χ1v) is 6.98. The molecule has 0 radical (unpaired) electrons. The van der Waals surface area contributed by atoms with Gasteiger partial charge in [-0.2, -0.15) is 0 Å². The summed E-state index contributed by atoms with van der Waals surface area (Å²) in [7, 11) is 1.46. The second-order valence-electron chi connectivity index (χ2n) is 4.64. The molecule has 1 aliphatic rings. The highest BCUT2D eigenvalue weighted by molar-refractivity contribution is 9.10. The molecule has 3 rings (SSSR count). The molecule has 1 fully saturated rings. The molecule has 114 valence electrons. The first kappa shape index (κ1) is 14.6. The Balaban J connectivity index is 2.08. The summed E-state index contributed by atoms with van der Waals surface area (Å²) in [5, 5.41) is 19.3. The number of nitrogens with zero attached hydrogens (tertiary/aromatic N) is 4. The molecule has 1 saturated heterocycles. The molecule has 21 heavy (non-hydrogen) atoms. The SMILES string of the molecule is CO[C@@H]1[C@H](O)[C@@H](CO)O[C@H]1n1cnc2c(N)nc(Br)nc21. The molecule has 4 atom stereocenters. The highest BCUT2D eigenvalue weighted by Gasteiger charge is 2.45. The number of ether oxygens (including phenoxy) is 2. The predicted molar refractivity (Wildman–Crippen MR) is 75.2 cm³/mol. The molecule has 0 bridgehead atoms. The number of anilines is 1. The van der Waals surface area contributed by atoms with Crippen LogP contribution in [0.5, 0.6) is 0 Å². The van der Waals surface area contributed by atoms with Crippen LogP contribution in [0, 0.1) is 0 Å². The van der Waals surface area contributed by atoms with Crippen LogP contribution in [0.1, 0.15) is 6.23 Å². The van der Waals surface area contributed by atoms with Gasteiger partial charge in [-0.15, -0.1) is 0 Å². The Kier molecular flexibility index (Phi) is 3.80. The Morgan fingerprint density at radius 2 is 2.29 bits per heavy atom. The number of fused-ring (bicyclic) bond motifs is 1. The van der Waals surface area contributed by atoms with Crippen LogP contribution in [0.4, 0.5) is 5.82 Å². The van der Waals surface area contributed by atoms with Crippen molar-refractivity contribution in [1.29, 1.82) is 0 Å². The summed E-state index contributed by atoms with van der Waals surface area (Å²) in [6.07, 6.45) is -1.53. The number of imidazole rings is 1. The van der Waals surface area contributed by atoms with Crippen LogP contribution < -0.4 is 5.73 Å². The van der Waals surface area contributed by atoms with Gasteiger partial charge in [-0.3, -0.25) is 4.57 Å². The second kappa shape index (κ2) is 5.46. The highest BCUT2D eigenvalue weighted by atomic mass is 79.9. The van der Waals surface area contributed by atoms with E-state index in [9.17, 15) is 10.2 Å². The fourth-order valence-corrected chi connectivity index (χ4v) is 2.80. The molecule has 2 aromatic heterocycles. The lowest BCUT2D eigenvalue weighted by Gasteiger charge is -2.19. The van der Waals surface area contributed by atoms with Crippen LogP contribution in [0.15, 0.2) is 11.1 Å². The molecule has 0 spiro atoms. The molecule has 4 N–H and O–H groups in total. The van der Waals surface area contributed by atoms with Crippen LogP contribution in [0.2, 0.25) is 0 Å². The van der Waals surface area contributed by atoms with Gasteiger partial charge in [0.2, 0.25) is 4.73 Å². The number of aliphatic hydroxyl groups is 2. The Morgan fingerprint density at radius 1 is 1.52 bits per heavy atom. The highest BCUT2D eigenvalue weighted by Crippen LogP contribution is 2.33. The van der Waals surface area contributed by atoms with Gasteiger partial charge in [-0.05, 0) is 15.9 Å². The van der Waals surface area contributed by atoms with E-state index in [-0.39, 0.29) is 12.4 Å². The monoisotopic (exact) mass is 359 g/mol. The number of hydrogen-bond acceptors (Lipinski definition) is 8. The van der Waals surface area contributed by atoms with Crippen molar-refractivity contribution in [2.75, 3.05) is 19.5 Å². The quantitative estimate of drug-likeness (QED) is 0.621. The van der Waals surface area contributed by atoms with E-state index in [1.54, 1.807) is 4.57 Å². The number of hydrogen-bond donors (Lipinski definition) is 3. The van der Waals surface area contributed by atoms with Crippen molar-refractivity contribution < 1.29 is 19.7 Å². The number of rotatable bonds is 3. The van der Waals surface area contributed by atoms with Crippen LogP contribution >= 0.6 is 15.9 Å². The zero-order valence-electron chi connectivity index (χ0n) is 11.0. The Labute approximate surface area is 127 Å². The summed E-state index contributed by atoms with van der Waals surface area (Å²) < 4.78 is 12.8. The lowest BCUT2D eigenvalue weighted by Crippen LogP contribution is -2.34. The standard InChI is InChI=1S/C11H14BrN5O4/c1-20-7-6(19)4(2-18)21-10(7)17-3-14-5-8(13)15-11(12)16-9(5)17/h3-4,6-7,10,18-19H,2H2,1H3,(H2,13,15,16)/t4-,6-,7-,10-/m1/s1. The maximum atomic E-state index is 10.1. The first-order valence-electron chi connectivity index (χ1n) is 6.19. The minimum atomic E-state index is -0.954. The maximum Gasteiger partial charge on any atom is 0.200 e. The van der Waals surface area contributed by atoms with E-state index in [1.807, 2.05) is 0 Å². The van der Waals surface area contributed by atoms with Crippen molar-refractivity contribution >= 4 is 32.9 Å². The molecule has 0 aliphatic carbocycles. The summed E-state index contributed by atoms with van der Waals surface area (Å²) in [6, 6.07) is 0. The molecule has 0 amide bonds. The average molecular weight is 360 g/mol. The lowest BCUT2D eigenvalue weighted by molar-refractivity contribution is -0.0583. The topological polar surface area (TPSA) is 129 Å². The van der Waals surface area contributed by atoms with Crippen molar-refractivity contribution in [2.45, 2.75) is 24.5 Å². The summed E-state index contributed by atoms with van der Waals surface area (Å²) in [4.78, 5) is 12.4. The van der Waals surface area contributed by atoms with Crippen LogP contribution in [-0.2, 0) is 9.47 Å². The van der Waals surface area contributed by atoms with Gasteiger partial charge in [-0.25, -0.2) is 15.0 Å². The van der Waals surface area contributed by atoms with E-state index >= 15 is 0 Å². The minimum Gasteiger partial charge on any atom is -0.394 e. The van der Waals surface area contributed by atoms with Crippen LogP contribution in [0.25, 0.3) is 11.2 Å². The number of halogens is 1. The van der Waals surface area contributed by atoms with Gasteiger partial charge < -0.3 is 25.4 Å². The van der Waals surface area contributed by atoms with Gasteiger partial charge in [0.25, 0.3) is 0 Å². The Hall–Kier alpha value is -1.33. The summed E-state index contributed by atoms with van der Waals surface area (Å²) in [5.74, 6) is 0.233. The lowest BCUT2D eigenvalue weighted by atomic mass is 10.1. The fourth-order valence-electron chi connectivity index (χ4n) is 2.44. The van der Waals surface area contributed by atoms with E-state index in [4.69, 9.17) is 15.2 Å². The minimum absolute atomic E-state index is 0.233. The number of aromatic nitrogens is 4. The summed E-state index contributed by atoms with van der Waals surface area (Å²) in [6.45, 7) is -0.315. The zero-order chi connectivity index (χ0) is 15.1. The van der Waals surface area contributed by atoms with Gasteiger partial charge >= 0.3 is 0 Å². The number of aliphatic hydroxyl groups excluding tert-OH is 2. The smallest absolute Gasteiger partial charge is 0.200 e. The summed E-state index contributed by atoms with van der Waals surface area (Å²) in [5.41, 5.74) is 6.68. The average Bonchev–Trinajstić information content (AvgIpc) is 2.99. The molecule has 1 aliphatic heterocycles. The van der Waals surface area contributed by atoms with Crippen molar-refractivity contribution in [3.63, 3.8) is 0 Å². The van der Waals surface area contributed by atoms with E-state index in [0.717, 1.165) is 0 Å². The van der Waals surface area contributed by atoms with Gasteiger partial charge in [-0.1, -0.05) is 0 Å². The first-order chi connectivity index (χ1) is 10.1. The zero-order valence-corrected chi connectivity index (χ0v) is 12.6. The Bertz CT molecular complexity index is 665. The van der Waals surface area contributed by atoms with Crippen molar-refractivity contribution in [3.8, 4) is 0 Å². The molecule has 3 heterocycles. The van der Waals surface area contributed by atoms with E-state index in [2.05, 4.69) is 30.9 Å². The molecule has 9 nitrogen and oxygen atoms in total. The van der Waals surface area contributed by atoms with Crippen LogP contribution in [-0.4, -0.2) is 61.8 Å². The second-order valence-corrected chi connectivity index (χ2v) is 5.35. The van der Waals surface area contributed by atoms with E-state index in [0.29, 0.717) is 15.9 Å². The molecule has 0 aromatic carbocycles. The van der Waals surface area contributed by atoms with Crippen molar-refractivity contribution in [3.05, 3.63) is 11.1 Å². The van der Waals surface area contributed by atoms with Crippen molar-refractivity contribution in [2.24, 2.45) is 0 Å². The summed E-state index contributed by atoms with van der Waals surface area (Å²) >= 11 is 3.18. The molecular formula is C11H14BrN5O4.